The molecule has 3 nitrogen and oxygen atoms in total. The van der Waals surface area contributed by atoms with Crippen LogP contribution >= 0.6 is 23.2 Å². The summed E-state index contributed by atoms with van der Waals surface area (Å²) in [6.07, 6.45) is 1.70. The van der Waals surface area contributed by atoms with Crippen LogP contribution in [-0.4, -0.2) is 22.6 Å². The van der Waals surface area contributed by atoms with E-state index in [1.807, 2.05) is 36.4 Å². The van der Waals surface area contributed by atoms with Gasteiger partial charge in [-0.3, -0.25) is 4.90 Å². The van der Waals surface area contributed by atoms with Crippen molar-refractivity contribution in [2.45, 2.75) is 31.5 Å². The highest BCUT2D eigenvalue weighted by Crippen LogP contribution is 2.33. The molecule has 122 valence electrons. The van der Waals surface area contributed by atoms with Crippen LogP contribution in [0.2, 0.25) is 10.0 Å². The van der Waals surface area contributed by atoms with Gasteiger partial charge in [0.1, 0.15) is 0 Å². The molecule has 0 spiro atoms. The van der Waals surface area contributed by atoms with Crippen molar-refractivity contribution in [3.63, 3.8) is 0 Å². The Balaban J connectivity index is 1.73. The number of benzene rings is 2. The second-order valence-corrected chi connectivity index (χ2v) is 6.88. The fourth-order valence-electron chi connectivity index (χ4n) is 2.79. The Kier molecular flexibility index (Phi) is 5.12. The van der Waals surface area contributed by atoms with E-state index in [1.54, 1.807) is 6.07 Å². The van der Waals surface area contributed by atoms with Crippen LogP contribution in [0.25, 0.3) is 0 Å². The molecule has 5 heteroatoms. The minimum Gasteiger partial charge on any atom is -0.398 e. The average Bonchev–Trinajstić information content (AvgIpc) is 3.34. The van der Waals surface area contributed by atoms with Gasteiger partial charge in [0.15, 0.2) is 0 Å². The van der Waals surface area contributed by atoms with Crippen LogP contribution in [0.1, 0.15) is 30.1 Å². The van der Waals surface area contributed by atoms with Gasteiger partial charge in [0, 0.05) is 40.4 Å². The summed E-state index contributed by atoms with van der Waals surface area (Å²) in [6, 6.07) is 13.5. The molecule has 0 heterocycles. The smallest absolute Gasteiger partial charge is 0.0936 e. The summed E-state index contributed by atoms with van der Waals surface area (Å²) in [5.41, 5.74) is 8.40. The second-order valence-electron chi connectivity index (χ2n) is 6.04. The Hall–Kier alpha value is -1.26. The molecule has 2 aromatic carbocycles. The van der Waals surface area contributed by atoms with Crippen molar-refractivity contribution in [2.75, 3.05) is 12.3 Å². The third kappa shape index (κ3) is 4.18. The quantitative estimate of drug-likeness (QED) is 0.764. The van der Waals surface area contributed by atoms with E-state index in [9.17, 15) is 5.11 Å². The molecule has 1 fully saturated rings. The number of para-hydroxylation sites is 1. The maximum atomic E-state index is 10.6. The molecule has 1 aliphatic rings. The van der Waals surface area contributed by atoms with Gasteiger partial charge in [0.25, 0.3) is 0 Å². The normalized spacial score (nSPS) is 15.8. The zero-order chi connectivity index (χ0) is 16.4. The summed E-state index contributed by atoms with van der Waals surface area (Å²) in [4.78, 5) is 2.27. The van der Waals surface area contributed by atoms with Gasteiger partial charge in [-0.05, 0) is 36.6 Å². The number of aliphatic hydroxyl groups is 1. The minimum atomic E-state index is -0.608. The lowest BCUT2D eigenvalue weighted by molar-refractivity contribution is 0.105. The Morgan fingerprint density at radius 1 is 1.17 bits per heavy atom. The molecule has 23 heavy (non-hydrogen) atoms. The SMILES string of the molecule is Nc1ccccc1C(O)CN(Cc1ccc(Cl)cc1Cl)C1CC1. The summed E-state index contributed by atoms with van der Waals surface area (Å²) >= 11 is 12.2. The molecule has 1 aliphatic carbocycles. The first-order valence-electron chi connectivity index (χ1n) is 7.75. The van der Waals surface area contributed by atoms with Crippen molar-refractivity contribution in [1.82, 2.24) is 4.90 Å². The molecule has 0 saturated heterocycles. The number of nitrogens with zero attached hydrogens (tertiary/aromatic N) is 1. The van der Waals surface area contributed by atoms with Gasteiger partial charge in [-0.2, -0.15) is 0 Å². The predicted molar refractivity (Wildman–Crippen MR) is 95.7 cm³/mol. The van der Waals surface area contributed by atoms with E-state index >= 15 is 0 Å². The molecular formula is C18H20Cl2N2O. The monoisotopic (exact) mass is 350 g/mol. The lowest BCUT2D eigenvalue weighted by Crippen LogP contribution is -2.30. The maximum Gasteiger partial charge on any atom is 0.0936 e. The molecule has 1 unspecified atom stereocenters. The molecule has 0 aromatic heterocycles. The van der Waals surface area contributed by atoms with E-state index in [0.29, 0.717) is 34.9 Å². The maximum absolute atomic E-state index is 10.6. The van der Waals surface area contributed by atoms with Gasteiger partial charge in [0.2, 0.25) is 0 Å². The summed E-state index contributed by atoms with van der Waals surface area (Å²) in [5.74, 6) is 0. The van der Waals surface area contributed by atoms with E-state index in [4.69, 9.17) is 28.9 Å². The summed E-state index contributed by atoms with van der Waals surface area (Å²) in [6.45, 7) is 1.24. The van der Waals surface area contributed by atoms with Gasteiger partial charge in [-0.1, -0.05) is 47.5 Å². The molecule has 0 amide bonds. The summed E-state index contributed by atoms with van der Waals surface area (Å²) < 4.78 is 0. The minimum absolute atomic E-state index is 0.501. The average molecular weight is 351 g/mol. The topological polar surface area (TPSA) is 49.5 Å². The largest absolute Gasteiger partial charge is 0.398 e. The Morgan fingerprint density at radius 3 is 2.57 bits per heavy atom. The Bertz CT molecular complexity index is 688. The summed E-state index contributed by atoms with van der Waals surface area (Å²) in [5, 5.41) is 11.9. The van der Waals surface area contributed by atoms with Crippen LogP contribution in [0.3, 0.4) is 0 Å². The lowest BCUT2D eigenvalue weighted by Gasteiger charge is -2.26. The van der Waals surface area contributed by atoms with Crippen LogP contribution in [0, 0.1) is 0 Å². The fourth-order valence-corrected chi connectivity index (χ4v) is 3.25. The van der Waals surface area contributed by atoms with Crippen LogP contribution in [0.4, 0.5) is 5.69 Å². The molecule has 3 N–H and O–H groups in total. The molecule has 0 bridgehead atoms. The van der Waals surface area contributed by atoms with Gasteiger partial charge in [0.05, 0.1) is 6.10 Å². The first-order chi connectivity index (χ1) is 11.0. The van der Waals surface area contributed by atoms with Crippen molar-refractivity contribution in [2.24, 2.45) is 0 Å². The van der Waals surface area contributed by atoms with E-state index in [2.05, 4.69) is 4.90 Å². The number of nitrogens with two attached hydrogens (primary N) is 1. The summed E-state index contributed by atoms with van der Waals surface area (Å²) in [7, 11) is 0. The van der Waals surface area contributed by atoms with E-state index in [1.165, 1.54) is 0 Å². The van der Waals surface area contributed by atoms with Gasteiger partial charge in [-0.25, -0.2) is 0 Å². The highest BCUT2D eigenvalue weighted by molar-refractivity contribution is 6.35. The van der Waals surface area contributed by atoms with Crippen LogP contribution in [0.5, 0.6) is 0 Å². The standard InChI is InChI=1S/C18H20Cl2N2O/c19-13-6-5-12(16(20)9-13)10-22(14-7-8-14)11-18(23)15-3-1-2-4-17(15)21/h1-6,9,14,18,23H,7-8,10-11,21H2. The van der Waals surface area contributed by atoms with Gasteiger partial charge < -0.3 is 10.8 Å². The highest BCUT2D eigenvalue weighted by atomic mass is 35.5. The predicted octanol–water partition coefficient (Wildman–Crippen LogP) is 4.27. The van der Waals surface area contributed by atoms with Gasteiger partial charge in [-0.15, -0.1) is 0 Å². The van der Waals surface area contributed by atoms with Crippen LogP contribution < -0.4 is 5.73 Å². The first-order valence-corrected chi connectivity index (χ1v) is 8.50. The number of hydrogen-bond acceptors (Lipinski definition) is 3. The molecule has 0 aliphatic heterocycles. The van der Waals surface area contributed by atoms with Crippen molar-refractivity contribution in [3.05, 3.63) is 63.6 Å². The fraction of sp³-hybridized carbons (Fsp3) is 0.333. The van der Waals surface area contributed by atoms with Crippen molar-refractivity contribution in [1.29, 1.82) is 0 Å². The van der Waals surface area contributed by atoms with E-state index in [-0.39, 0.29) is 0 Å². The third-order valence-corrected chi connectivity index (χ3v) is 4.80. The lowest BCUT2D eigenvalue weighted by atomic mass is 10.1. The first kappa shape index (κ1) is 16.6. The number of aliphatic hydroxyl groups excluding tert-OH is 1. The van der Waals surface area contributed by atoms with Gasteiger partial charge >= 0.3 is 0 Å². The zero-order valence-corrected chi connectivity index (χ0v) is 14.3. The second kappa shape index (κ2) is 7.10. The molecule has 3 rings (SSSR count). The van der Waals surface area contributed by atoms with E-state index < -0.39 is 6.10 Å². The molecular weight excluding hydrogens is 331 g/mol. The van der Waals surface area contributed by atoms with Crippen molar-refractivity contribution < 1.29 is 5.11 Å². The van der Waals surface area contributed by atoms with Crippen molar-refractivity contribution >= 4 is 28.9 Å². The number of rotatable bonds is 6. The highest BCUT2D eigenvalue weighted by Gasteiger charge is 2.31. The van der Waals surface area contributed by atoms with E-state index in [0.717, 1.165) is 24.0 Å². The van der Waals surface area contributed by atoms with Crippen LogP contribution in [-0.2, 0) is 6.54 Å². The molecule has 1 atom stereocenters. The number of anilines is 1. The Labute approximate surface area is 146 Å². The molecule has 2 aromatic rings. The van der Waals surface area contributed by atoms with Crippen molar-refractivity contribution in [3.8, 4) is 0 Å². The Morgan fingerprint density at radius 2 is 1.91 bits per heavy atom. The number of nitrogen functional groups attached to an aromatic ring is 1. The zero-order valence-electron chi connectivity index (χ0n) is 12.8. The molecule has 1 saturated carbocycles. The molecule has 0 radical (unpaired) electrons. The van der Waals surface area contributed by atoms with Crippen LogP contribution in [0.15, 0.2) is 42.5 Å². The third-order valence-electron chi connectivity index (χ3n) is 4.21. The number of hydrogen-bond donors (Lipinski definition) is 2. The number of halogens is 2.